The predicted molar refractivity (Wildman–Crippen MR) is 140 cm³/mol. The third-order valence-electron chi connectivity index (χ3n) is 7.28. The molecule has 0 bridgehead atoms. The minimum atomic E-state index is -2.11. The number of aliphatic hydroxyl groups excluding tert-OH is 1. The molecule has 2 aromatic rings. The fourth-order valence-corrected chi connectivity index (χ4v) is 10.8. The lowest BCUT2D eigenvalue weighted by Crippen LogP contribution is -2.50. The van der Waals surface area contributed by atoms with E-state index < -0.39 is 38.9 Å². The van der Waals surface area contributed by atoms with Gasteiger partial charge in [-0.1, -0.05) is 84.0 Å². The Balaban J connectivity index is 1.80. The van der Waals surface area contributed by atoms with Crippen LogP contribution in [0.5, 0.6) is 5.75 Å². The van der Waals surface area contributed by atoms with Crippen molar-refractivity contribution in [1.29, 1.82) is 0 Å². The van der Waals surface area contributed by atoms with Gasteiger partial charge in [-0.2, -0.15) is 0 Å². The van der Waals surface area contributed by atoms with Crippen LogP contribution in [0.25, 0.3) is 0 Å². The number of cyclic esters (lactones) is 1. The first-order chi connectivity index (χ1) is 16.6. The second kappa shape index (κ2) is 11.4. The summed E-state index contributed by atoms with van der Waals surface area (Å²) in [7, 11) is -2.11. The number of benzene rings is 2. The molecule has 35 heavy (non-hydrogen) atoms. The Morgan fingerprint density at radius 1 is 1.00 bits per heavy atom. The van der Waals surface area contributed by atoms with Crippen molar-refractivity contribution >= 4 is 20.3 Å². The Morgan fingerprint density at radius 3 is 2.09 bits per heavy atom. The highest BCUT2D eigenvalue weighted by atomic mass is 28.4. The average Bonchev–Trinajstić information content (AvgIpc) is 3.18. The lowest BCUT2D eigenvalue weighted by molar-refractivity contribution is -0.131. The zero-order valence-corrected chi connectivity index (χ0v) is 22.7. The first-order valence-corrected chi connectivity index (χ1v) is 14.7. The quantitative estimate of drug-likeness (QED) is 0.413. The normalized spacial score (nSPS) is 17.3. The van der Waals surface area contributed by atoms with Crippen molar-refractivity contribution in [3.63, 3.8) is 0 Å². The van der Waals surface area contributed by atoms with Gasteiger partial charge in [-0.05, 0) is 46.3 Å². The van der Waals surface area contributed by atoms with Gasteiger partial charge in [-0.15, -0.1) is 0 Å². The minimum absolute atomic E-state index is 0.150. The number of aliphatic hydroxyl groups is 1. The maximum absolute atomic E-state index is 13.4. The first kappa shape index (κ1) is 27.0. The maximum Gasteiger partial charge on any atom is 0.417 e. The van der Waals surface area contributed by atoms with Crippen LogP contribution >= 0.6 is 0 Å². The Bertz CT molecular complexity index is 968. The molecular formula is C28H39NO5Si. The molecule has 2 aromatic carbocycles. The SMILES string of the molecule is CC(C)[Si](Oc1ccc(C(CO)C(=O)N2C(=O)OC[C@H]2Cc2ccccc2)cc1)(C(C)C)C(C)C. The van der Waals surface area contributed by atoms with Crippen LogP contribution in [0.2, 0.25) is 16.6 Å². The molecule has 1 aliphatic rings. The monoisotopic (exact) mass is 497 g/mol. The van der Waals surface area contributed by atoms with E-state index in [0.717, 1.165) is 11.3 Å². The van der Waals surface area contributed by atoms with E-state index in [1.807, 2.05) is 54.6 Å². The molecule has 0 aromatic heterocycles. The minimum Gasteiger partial charge on any atom is -0.543 e. The Kier molecular flexibility index (Phi) is 8.78. The highest BCUT2D eigenvalue weighted by Crippen LogP contribution is 2.42. The molecule has 1 saturated heterocycles. The van der Waals surface area contributed by atoms with Crippen molar-refractivity contribution in [2.75, 3.05) is 13.2 Å². The van der Waals surface area contributed by atoms with E-state index in [2.05, 4.69) is 41.5 Å². The van der Waals surface area contributed by atoms with Gasteiger partial charge in [0.15, 0.2) is 0 Å². The number of rotatable bonds is 10. The topological polar surface area (TPSA) is 76.1 Å². The number of hydrogen-bond donors (Lipinski definition) is 1. The van der Waals surface area contributed by atoms with Crippen LogP contribution in [-0.4, -0.2) is 49.6 Å². The van der Waals surface area contributed by atoms with E-state index >= 15 is 0 Å². The standard InChI is InChI=1S/C28H39NO5Si/c1-19(2)35(20(3)4,21(5)6)34-25-14-12-23(13-15-25)26(17-30)27(31)29-24(18-33-28(29)32)16-22-10-8-7-9-11-22/h7-15,19-21,24,26,30H,16-18H2,1-6H3/t24-,26?/m1/s1. The summed E-state index contributed by atoms with van der Waals surface area (Å²) in [5, 5.41) is 10.1. The molecular weight excluding hydrogens is 458 g/mol. The van der Waals surface area contributed by atoms with Crippen LogP contribution in [0, 0.1) is 0 Å². The van der Waals surface area contributed by atoms with Crippen molar-refractivity contribution in [2.24, 2.45) is 0 Å². The molecule has 0 saturated carbocycles. The summed E-state index contributed by atoms with van der Waals surface area (Å²) >= 11 is 0. The Morgan fingerprint density at radius 2 is 1.57 bits per heavy atom. The number of amides is 2. The fourth-order valence-electron chi connectivity index (χ4n) is 5.59. The Labute approximate surface area is 210 Å². The van der Waals surface area contributed by atoms with E-state index in [1.165, 1.54) is 4.90 Å². The molecule has 190 valence electrons. The highest BCUT2D eigenvalue weighted by molar-refractivity contribution is 6.78. The third kappa shape index (κ3) is 5.62. The summed E-state index contributed by atoms with van der Waals surface area (Å²) in [6, 6.07) is 16.7. The van der Waals surface area contributed by atoms with Crippen molar-refractivity contribution in [1.82, 2.24) is 4.90 Å². The number of carbonyl (C=O) groups is 2. The zero-order valence-electron chi connectivity index (χ0n) is 21.7. The molecule has 3 rings (SSSR count). The molecule has 6 nitrogen and oxygen atoms in total. The third-order valence-corrected chi connectivity index (χ3v) is 13.3. The molecule has 1 aliphatic heterocycles. The molecule has 1 heterocycles. The van der Waals surface area contributed by atoms with Crippen LogP contribution in [0.15, 0.2) is 54.6 Å². The number of carbonyl (C=O) groups excluding carboxylic acids is 2. The van der Waals surface area contributed by atoms with Gasteiger partial charge in [0.05, 0.1) is 18.6 Å². The van der Waals surface area contributed by atoms with Crippen LogP contribution < -0.4 is 4.43 Å². The van der Waals surface area contributed by atoms with Gasteiger partial charge in [0, 0.05) is 0 Å². The van der Waals surface area contributed by atoms with Gasteiger partial charge in [0.2, 0.25) is 5.91 Å². The van der Waals surface area contributed by atoms with Gasteiger partial charge < -0.3 is 14.3 Å². The number of ether oxygens (including phenoxy) is 1. The maximum atomic E-state index is 13.4. The van der Waals surface area contributed by atoms with Crippen LogP contribution in [-0.2, 0) is 16.0 Å². The lowest BCUT2D eigenvalue weighted by Gasteiger charge is -2.42. The van der Waals surface area contributed by atoms with Crippen LogP contribution in [0.4, 0.5) is 4.79 Å². The van der Waals surface area contributed by atoms with Gasteiger partial charge >= 0.3 is 6.09 Å². The van der Waals surface area contributed by atoms with E-state index in [1.54, 1.807) is 0 Å². The molecule has 2 amide bonds. The molecule has 0 radical (unpaired) electrons. The molecule has 0 spiro atoms. The van der Waals surface area contributed by atoms with Crippen LogP contribution in [0.3, 0.4) is 0 Å². The van der Waals surface area contributed by atoms with Crippen LogP contribution in [0.1, 0.15) is 58.6 Å². The summed E-state index contributed by atoms with van der Waals surface area (Å²) in [5.41, 5.74) is 2.99. The summed E-state index contributed by atoms with van der Waals surface area (Å²) < 4.78 is 11.9. The zero-order chi connectivity index (χ0) is 25.8. The van der Waals surface area contributed by atoms with Crippen molar-refractivity contribution in [2.45, 2.75) is 76.5 Å². The summed E-state index contributed by atoms with van der Waals surface area (Å²) in [6.45, 7) is 13.2. The molecule has 0 aliphatic carbocycles. The number of nitrogens with zero attached hydrogens (tertiary/aromatic N) is 1. The van der Waals surface area contributed by atoms with Crippen molar-refractivity contribution in [3.8, 4) is 5.75 Å². The second-order valence-electron chi connectivity index (χ2n) is 10.4. The number of hydrogen-bond acceptors (Lipinski definition) is 5. The van der Waals surface area contributed by atoms with Gasteiger partial charge in [-0.25, -0.2) is 9.69 Å². The molecule has 2 atom stereocenters. The predicted octanol–water partition coefficient (Wildman–Crippen LogP) is 5.91. The summed E-state index contributed by atoms with van der Waals surface area (Å²) in [4.78, 5) is 27.0. The van der Waals surface area contributed by atoms with E-state index in [9.17, 15) is 14.7 Å². The van der Waals surface area contributed by atoms with Gasteiger partial charge in [0.25, 0.3) is 8.32 Å². The lowest BCUT2D eigenvalue weighted by atomic mass is 9.97. The first-order valence-electron chi connectivity index (χ1n) is 12.5. The average molecular weight is 498 g/mol. The van der Waals surface area contributed by atoms with Gasteiger partial charge in [0.1, 0.15) is 12.4 Å². The smallest absolute Gasteiger partial charge is 0.417 e. The van der Waals surface area contributed by atoms with E-state index in [0.29, 0.717) is 28.6 Å². The fraction of sp³-hybridized carbons (Fsp3) is 0.500. The Hall–Kier alpha value is -2.64. The number of imide groups is 1. The molecule has 1 fully saturated rings. The summed E-state index contributed by atoms with van der Waals surface area (Å²) in [6.07, 6.45) is -0.147. The van der Waals surface area contributed by atoms with Gasteiger partial charge in [-0.3, -0.25) is 4.79 Å². The van der Waals surface area contributed by atoms with E-state index in [4.69, 9.17) is 9.16 Å². The largest absolute Gasteiger partial charge is 0.543 e. The second-order valence-corrected chi connectivity index (χ2v) is 15.7. The highest BCUT2D eigenvalue weighted by Gasteiger charge is 2.47. The van der Waals surface area contributed by atoms with Crippen molar-refractivity contribution < 1.29 is 23.9 Å². The molecule has 1 unspecified atom stereocenters. The molecule has 7 heteroatoms. The molecule has 1 N–H and O–H groups in total. The summed E-state index contributed by atoms with van der Waals surface area (Å²) in [5.74, 6) is -0.515. The van der Waals surface area contributed by atoms with E-state index in [-0.39, 0.29) is 6.61 Å². The van der Waals surface area contributed by atoms with Crippen molar-refractivity contribution in [3.05, 3.63) is 65.7 Å².